The fourth-order valence-corrected chi connectivity index (χ4v) is 3.17. The van der Waals surface area contributed by atoms with E-state index >= 15 is 0 Å². The van der Waals surface area contributed by atoms with Crippen LogP contribution in [0.25, 0.3) is 27.8 Å². The van der Waals surface area contributed by atoms with Crippen molar-refractivity contribution in [3.63, 3.8) is 0 Å². The number of carbonyl (C=O) groups excluding carboxylic acids is 1. The van der Waals surface area contributed by atoms with Crippen molar-refractivity contribution >= 4 is 16.9 Å². The number of hydrogen-bond acceptors (Lipinski definition) is 4. The summed E-state index contributed by atoms with van der Waals surface area (Å²) in [5.41, 5.74) is 3.05. The molecule has 140 valence electrons. The lowest BCUT2D eigenvalue weighted by atomic mass is 10.0. The Labute approximate surface area is 160 Å². The van der Waals surface area contributed by atoms with Gasteiger partial charge in [-0.2, -0.15) is 0 Å². The molecule has 1 amide bonds. The Kier molecular flexibility index (Phi) is 4.74. The number of nitrogens with one attached hydrogen (secondary N) is 2. The molecule has 2 aromatic carbocycles. The lowest BCUT2D eigenvalue weighted by Crippen LogP contribution is -2.26. The van der Waals surface area contributed by atoms with E-state index in [1.165, 1.54) is 6.33 Å². The summed E-state index contributed by atoms with van der Waals surface area (Å²) in [7, 11) is 0. The molecule has 0 spiro atoms. The molecule has 2 aromatic heterocycles. The lowest BCUT2D eigenvalue weighted by molar-refractivity contribution is 0.0945. The predicted molar refractivity (Wildman–Crippen MR) is 107 cm³/mol. The number of aromatic amines is 1. The minimum atomic E-state index is -0.283. The number of nitrogens with zero attached hydrogens (tertiary/aromatic N) is 2. The number of aromatic nitrogens is 3. The van der Waals surface area contributed by atoms with E-state index in [1.807, 2.05) is 47.2 Å². The van der Waals surface area contributed by atoms with E-state index in [4.69, 9.17) is 5.11 Å². The summed E-state index contributed by atoms with van der Waals surface area (Å²) < 4.78 is 1.86. The van der Waals surface area contributed by atoms with Crippen molar-refractivity contribution < 1.29 is 9.90 Å². The fraction of sp³-hybridized carbons (Fsp3) is 0.0952. The second-order valence-electron chi connectivity index (χ2n) is 6.24. The van der Waals surface area contributed by atoms with Crippen LogP contribution < -0.4 is 10.9 Å². The van der Waals surface area contributed by atoms with Gasteiger partial charge in [0.2, 0.25) is 0 Å². The third-order valence-corrected chi connectivity index (χ3v) is 4.46. The van der Waals surface area contributed by atoms with Crippen molar-refractivity contribution in [3.8, 4) is 16.8 Å². The van der Waals surface area contributed by atoms with Crippen molar-refractivity contribution in [1.29, 1.82) is 0 Å². The Bertz CT molecular complexity index is 1200. The second-order valence-corrected chi connectivity index (χ2v) is 6.24. The van der Waals surface area contributed by atoms with E-state index in [0.717, 1.165) is 11.3 Å². The van der Waals surface area contributed by atoms with Crippen molar-refractivity contribution in [3.05, 3.63) is 83.0 Å². The van der Waals surface area contributed by atoms with Crippen LogP contribution in [0.5, 0.6) is 0 Å². The number of H-pyrrole nitrogens is 1. The number of rotatable bonds is 5. The molecule has 0 aliphatic heterocycles. The van der Waals surface area contributed by atoms with Gasteiger partial charge in [-0.1, -0.05) is 30.3 Å². The first kappa shape index (κ1) is 17.7. The molecule has 3 N–H and O–H groups in total. The van der Waals surface area contributed by atoms with Crippen LogP contribution in [0, 0.1) is 0 Å². The quantitative estimate of drug-likeness (QED) is 0.498. The van der Waals surface area contributed by atoms with Gasteiger partial charge >= 0.3 is 0 Å². The standard InChI is InChI=1S/C21H18N4O3/c26-10-9-22-20(27)15-6-4-5-14(11-15)17-12-25(16-7-2-1-3-8-16)19-18(17)21(28)24-13-23-19/h1-8,11-13,26H,9-10H2,(H,22,27)(H,23,24,28). The maximum absolute atomic E-state index is 12.6. The van der Waals surface area contributed by atoms with Crippen LogP contribution in [-0.2, 0) is 0 Å². The summed E-state index contributed by atoms with van der Waals surface area (Å²) in [6.07, 6.45) is 3.24. The molecule has 7 heteroatoms. The highest BCUT2D eigenvalue weighted by Gasteiger charge is 2.16. The minimum Gasteiger partial charge on any atom is -0.395 e. The number of amides is 1. The average Bonchev–Trinajstić information content (AvgIpc) is 3.14. The van der Waals surface area contributed by atoms with E-state index in [1.54, 1.807) is 18.2 Å². The van der Waals surface area contributed by atoms with Gasteiger partial charge in [0.25, 0.3) is 11.5 Å². The highest BCUT2D eigenvalue weighted by Crippen LogP contribution is 2.29. The molecular weight excluding hydrogens is 356 g/mol. The Morgan fingerprint density at radius 3 is 2.75 bits per heavy atom. The van der Waals surface area contributed by atoms with Crippen LogP contribution in [0.1, 0.15) is 10.4 Å². The number of benzene rings is 2. The smallest absolute Gasteiger partial charge is 0.260 e. The zero-order chi connectivity index (χ0) is 19.5. The van der Waals surface area contributed by atoms with Crippen molar-refractivity contribution in [2.45, 2.75) is 0 Å². The Hall–Kier alpha value is -3.71. The first-order valence-corrected chi connectivity index (χ1v) is 8.82. The highest BCUT2D eigenvalue weighted by molar-refractivity contribution is 5.98. The van der Waals surface area contributed by atoms with Crippen molar-refractivity contribution in [2.24, 2.45) is 0 Å². The number of fused-ring (bicyclic) bond motifs is 1. The molecule has 0 atom stereocenters. The first-order valence-electron chi connectivity index (χ1n) is 8.82. The normalized spacial score (nSPS) is 10.9. The van der Waals surface area contributed by atoms with Crippen LogP contribution in [0.15, 0.2) is 71.9 Å². The molecule has 0 radical (unpaired) electrons. The van der Waals surface area contributed by atoms with Gasteiger partial charge in [0, 0.05) is 29.6 Å². The summed E-state index contributed by atoms with van der Waals surface area (Å²) >= 11 is 0. The largest absolute Gasteiger partial charge is 0.395 e. The third-order valence-electron chi connectivity index (χ3n) is 4.46. The molecule has 0 saturated carbocycles. The second kappa shape index (κ2) is 7.50. The van der Waals surface area contributed by atoms with Gasteiger partial charge in [-0.05, 0) is 29.8 Å². The Balaban J connectivity index is 1.88. The van der Waals surface area contributed by atoms with Crippen LogP contribution in [-0.4, -0.2) is 38.7 Å². The lowest BCUT2D eigenvalue weighted by Gasteiger charge is -2.05. The summed E-state index contributed by atoms with van der Waals surface area (Å²) in [4.78, 5) is 31.8. The zero-order valence-electron chi connectivity index (χ0n) is 14.9. The number of hydrogen-bond donors (Lipinski definition) is 3. The molecule has 0 aliphatic carbocycles. The minimum absolute atomic E-state index is 0.128. The molecule has 2 heterocycles. The summed E-state index contributed by atoms with van der Waals surface area (Å²) in [5.74, 6) is -0.283. The molecular formula is C21H18N4O3. The van der Waals surface area contributed by atoms with E-state index in [9.17, 15) is 9.59 Å². The Morgan fingerprint density at radius 1 is 1.14 bits per heavy atom. The van der Waals surface area contributed by atoms with Crippen LogP contribution in [0.2, 0.25) is 0 Å². The van der Waals surface area contributed by atoms with Gasteiger partial charge in [0.15, 0.2) is 5.65 Å². The van der Waals surface area contributed by atoms with E-state index in [0.29, 0.717) is 22.2 Å². The SMILES string of the molecule is O=C(NCCO)c1cccc(-c2cn(-c3ccccc3)c3nc[nH]c(=O)c23)c1. The summed E-state index contributed by atoms with van der Waals surface area (Å²) in [6, 6.07) is 16.7. The molecule has 0 unspecified atom stereocenters. The summed E-state index contributed by atoms with van der Waals surface area (Å²) in [6.45, 7) is 0.0526. The molecule has 28 heavy (non-hydrogen) atoms. The van der Waals surface area contributed by atoms with E-state index in [2.05, 4.69) is 15.3 Å². The van der Waals surface area contributed by atoms with E-state index in [-0.39, 0.29) is 24.6 Å². The van der Waals surface area contributed by atoms with Crippen LogP contribution in [0.4, 0.5) is 0 Å². The molecule has 0 bridgehead atoms. The van der Waals surface area contributed by atoms with Gasteiger partial charge in [0.05, 0.1) is 18.3 Å². The Morgan fingerprint density at radius 2 is 1.96 bits per heavy atom. The molecule has 0 aliphatic rings. The van der Waals surface area contributed by atoms with E-state index < -0.39 is 0 Å². The maximum Gasteiger partial charge on any atom is 0.260 e. The zero-order valence-corrected chi connectivity index (χ0v) is 14.9. The molecule has 7 nitrogen and oxygen atoms in total. The van der Waals surface area contributed by atoms with Gasteiger partial charge in [-0.15, -0.1) is 0 Å². The van der Waals surface area contributed by atoms with Gasteiger partial charge < -0.3 is 20.0 Å². The number of para-hydroxylation sites is 1. The van der Waals surface area contributed by atoms with Crippen LogP contribution >= 0.6 is 0 Å². The number of aliphatic hydroxyl groups excluding tert-OH is 1. The molecule has 0 saturated heterocycles. The van der Waals surface area contributed by atoms with Crippen molar-refractivity contribution in [2.75, 3.05) is 13.2 Å². The topological polar surface area (TPSA) is 100 Å². The predicted octanol–water partition coefficient (Wildman–Crippen LogP) is 2.10. The average molecular weight is 374 g/mol. The first-order chi connectivity index (χ1) is 13.7. The fourth-order valence-electron chi connectivity index (χ4n) is 3.17. The third kappa shape index (κ3) is 3.19. The number of aliphatic hydroxyl groups is 1. The van der Waals surface area contributed by atoms with Gasteiger partial charge in [-0.3, -0.25) is 9.59 Å². The maximum atomic E-state index is 12.6. The van der Waals surface area contributed by atoms with Gasteiger partial charge in [-0.25, -0.2) is 4.98 Å². The van der Waals surface area contributed by atoms with Crippen molar-refractivity contribution in [1.82, 2.24) is 19.9 Å². The molecule has 4 aromatic rings. The summed E-state index contributed by atoms with van der Waals surface area (Å²) in [5, 5.41) is 12.0. The number of carbonyl (C=O) groups is 1. The molecule has 4 rings (SSSR count). The highest BCUT2D eigenvalue weighted by atomic mass is 16.3. The molecule has 0 fully saturated rings. The monoisotopic (exact) mass is 374 g/mol. The van der Waals surface area contributed by atoms with Gasteiger partial charge in [0.1, 0.15) is 0 Å². The van der Waals surface area contributed by atoms with Crippen LogP contribution in [0.3, 0.4) is 0 Å².